The standard InChI is InChI=1S/C25H26N4O2.2ClH/c1-17(2)19-6-8-22-21(15-19)25(31)29-16-20(7-9-23(29)28-22)24(30)27-12-4-3-5-18-10-13-26-14-11-18;;/h6-11,13-17H,3-5,12H2,1-2H3,(H,27,30);2*1H. The van der Waals surface area contributed by atoms with Gasteiger partial charge >= 0.3 is 0 Å². The zero-order chi connectivity index (χ0) is 21.8. The molecule has 0 saturated heterocycles. The molecule has 0 aliphatic rings. The molecule has 174 valence electrons. The van der Waals surface area contributed by atoms with Gasteiger partial charge in [0.15, 0.2) is 0 Å². The predicted molar refractivity (Wildman–Crippen MR) is 137 cm³/mol. The summed E-state index contributed by atoms with van der Waals surface area (Å²) in [5.41, 5.74) is 3.83. The fourth-order valence-corrected chi connectivity index (χ4v) is 3.62. The summed E-state index contributed by atoms with van der Waals surface area (Å²) in [7, 11) is 0. The molecule has 6 nitrogen and oxygen atoms in total. The monoisotopic (exact) mass is 486 g/mol. The molecular weight excluding hydrogens is 459 g/mol. The van der Waals surface area contributed by atoms with Gasteiger partial charge in [-0.25, -0.2) is 4.98 Å². The molecule has 0 unspecified atom stereocenters. The van der Waals surface area contributed by atoms with Crippen molar-refractivity contribution in [2.45, 2.75) is 39.0 Å². The third-order valence-corrected chi connectivity index (χ3v) is 5.49. The van der Waals surface area contributed by atoms with Crippen LogP contribution in [0.4, 0.5) is 0 Å². The van der Waals surface area contributed by atoms with Crippen molar-refractivity contribution in [3.8, 4) is 0 Å². The molecule has 0 bridgehead atoms. The second-order valence-electron chi connectivity index (χ2n) is 8.06. The quantitative estimate of drug-likeness (QED) is 0.295. The Morgan fingerprint density at radius 3 is 2.52 bits per heavy atom. The molecule has 4 rings (SSSR count). The van der Waals surface area contributed by atoms with Crippen molar-refractivity contribution in [3.63, 3.8) is 0 Å². The molecule has 0 aliphatic heterocycles. The van der Waals surface area contributed by atoms with E-state index in [4.69, 9.17) is 0 Å². The number of nitrogens with one attached hydrogen (secondary N) is 1. The van der Waals surface area contributed by atoms with E-state index in [9.17, 15) is 9.59 Å². The van der Waals surface area contributed by atoms with Crippen molar-refractivity contribution in [2.75, 3.05) is 6.54 Å². The minimum Gasteiger partial charge on any atom is -0.352 e. The third-order valence-electron chi connectivity index (χ3n) is 5.49. The molecule has 1 N–H and O–H groups in total. The molecule has 0 radical (unpaired) electrons. The SMILES string of the molecule is CC(C)c1ccc2nc3ccc(C(=O)NCCCCc4ccncc4)cn3c(=O)c2c1.Cl.Cl. The number of carbonyl (C=O) groups is 1. The van der Waals surface area contributed by atoms with E-state index in [1.807, 2.05) is 30.3 Å². The van der Waals surface area contributed by atoms with Crippen LogP contribution in [0, 0.1) is 0 Å². The highest BCUT2D eigenvalue weighted by molar-refractivity contribution is 5.94. The van der Waals surface area contributed by atoms with Gasteiger partial charge in [-0.1, -0.05) is 19.9 Å². The van der Waals surface area contributed by atoms with E-state index in [1.165, 1.54) is 9.96 Å². The van der Waals surface area contributed by atoms with Gasteiger partial charge in [0.05, 0.1) is 16.5 Å². The zero-order valence-electron chi connectivity index (χ0n) is 18.7. The number of halogens is 2. The van der Waals surface area contributed by atoms with Crippen LogP contribution < -0.4 is 10.9 Å². The molecule has 8 heteroatoms. The number of carbonyl (C=O) groups excluding carboxylic acids is 1. The minimum atomic E-state index is -0.186. The average Bonchev–Trinajstić information content (AvgIpc) is 2.79. The highest BCUT2D eigenvalue weighted by Gasteiger charge is 2.11. The van der Waals surface area contributed by atoms with E-state index in [0.717, 1.165) is 24.8 Å². The topological polar surface area (TPSA) is 76.4 Å². The third kappa shape index (κ3) is 6.09. The van der Waals surface area contributed by atoms with Crippen LogP contribution in [0.3, 0.4) is 0 Å². The summed E-state index contributed by atoms with van der Waals surface area (Å²) in [6.07, 6.45) is 7.99. The first-order valence-corrected chi connectivity index (χ1v) is 10.7. The molecule has 1 amide bonds. The van der Waals surface area contributed by atoms with E-state index in [1.54, 1.807) is 30.7 Å². The van der Waals surface area contributed by atoms with Crippen LogP contribution in [0.5, 0.6) is 0 Å². The van der Waals surface area contributed by atoms with Crippen LogP contribution in [0.1, 0.15) is 54.1 Å². The summed E-state index contributed by atoms with van der Waals surface area (Å²) in [4.78, 5) is 34.2. The predicted octanol–water partition coefficient (Wildman–Crippen LogP) is 4.96. The van der Waals surface area contributed by atoms with Crippen molar-refractivity contribution in [1.82, 2.24) is 19.7 Å². The van der Waals surface area contributed by atoms with Gasteiger partial charge in [-0.05, 0) is 72.7 Å². The number of nitrogens with zero attached hydrogens (tertiary/aromatic N) is 3. The fourth-order valence-electron chi connectivity index (χ4n) is 3.62. The van der Waals surface area contributed by atoms with E-state index in [0.29, 0.717) is 34.6 Å². The summed E-state index contributed by atoms with van der Waals surface area (Å²) in [5, 5.41) is 3.51. The molecule has 0 fully saturated rings. The average molecular weight is 487 g/mol. The van der Waals surface area contributed by atoms with Crippen molar-refractivity contribution >= 4 is 47.3 Å². The molecular formula is C25H28Cl2N4O2. The Morgan fingerprint density at radius 1 is 1.03 bits per heavy atom. The number of aromatic nitrogens is 3. The Morgan fingerprint density at radius 2 is 1.79 bits per heavy atom. The summed E-state index contributed by atoms with van der Waals surface area (Å²) in [6.45, 7) is 4.77. The number of pyridine rings is 2. The number of aryl methyl sites for hydroxylation is 1. The summed E-state index contributed by atoms with van der Waals surface area (Å²) < 4.78 is 1.46. The maximum atomic E-state index is 13.1. The first-order chi connectivity index (χ1) is 15.0. The molecule has 4 aromatic rings. The maximum absolute atomic E-state index is 13.1. The van der Waals surface area contributed by atoms with E-state index in [2.05, 4.69) is 29.1 Å². The second kappa shape index (κ2) is 11.8. The Labute approximate surface area is 205 Å². The van der Waals surface area contributed by atoms with E-state index in [-0.39, 0.29) is 36.3 Å². The first kappa shape index (κ1) is 26.3. The second-order valence-corrected chi connectivity index (χ2v) is 8.06. The lowest BCUT2D eigenvalue weighted by atomic mass is 10.0. The smallest absolute Gasteiger partial charge is 0.265 e. The van der Waals surface area contributed by atoms with Gasteiger partial charge in [0.1, 0.15) is 5.65 Å². The van der Waals surface area contributed by atoms with Gasteiger partial charge in [-0.3, -0.25) is 19.0 Å². The molecule has 0 saturated carbocycles. The summed E-state index contributed by atoms with van der Waals surface area (Å²) in [5.74, 6) is 0.133. The largest absolute Gasteiger partial charge is 0.352 e. The number of hydrogen-bond acceptors (Lipinski definition) is 4. The fraction of sp³-hybridized carbons (Fsp3) is 0.280. The zero-order valence-corrected chi connectivity index (χ0v) is 20.3. The number of fused-ring (bicyclic) bond motifs is 2. The molecule has 3 aromatic heterocycles. The molecule has 0 spiro atoms. The highest BCUT2D eigenvalue weighted by Crippen LogP contribution is 2.19. The normalized spacial score (nSPS) is 10.6. The van der Waals surface area contributed by atoms with Gasteiger partial charge in [0, 0.05) is 25.1 Å². The van der Waals surface area contributed by atoms with Gasteiger partial charge in [-0.15, -0.1) is 24.8 Å². The Kier molecular flexibility index (Phi) is 9.38. The number of rotatable bonds is 7. The number of hydrogen-bond donors (Lipinski definition) is 1. The summed E-state index contributed by atoms with van der Waals surface area (Å²) >= 11 is 0. The molecule has 33 heavy (non-hydrogen) atoms. The number of benzene rings is 1. The van der Waals surface area contributed by atoms with Crippen LogP contribution in [0.2, 0.25) is 0 Å². The van der Waals surface area contributed by atoms with Gasteiger partial charge in [-0.2, -0.15) is 0 Å². The highest BCUT2D eigenvalue weighted by atomic mass is 35.5. The van der Waals surface area contributed by atoms with Crippen molar-refractivity contribution in [2.24, 2.45) is 0 Å². The van der Waals surface area contributed by atoms with Gasteiger partial charge in [0.2, 0.25) is 0 Å². The molecule has 0 aliphatic carbocycles. The lowest BCUT2D eigenvalue weighted by Crippen LogP contribution is -2.26. The van der Waals surface area contributed by atoms with Gasteiger partial charge < -0.3 is 5.32 Å². The lowest BCUT2D eigenvalue weighted by Gasteiger charge is -2.09. The first-order valence-electron chi connectivity index (χ1n) is 10.7. The lowest BCUT2D eigenvalue weighted by molar-refractivity contribution is 0.0952. The van der Waals surface area contributed by atoms with E-state index < -0.39 is 0 Å². The van der Waals surface area contributed by atoms with Gasteiger partial charge in [0.25, 0.3) is 11.5 Å². The van der Waals surface area contributed by atoms with Crippen molar-refractivity contribution in [3.05, 3.63) is 88.1 Å². The molecule has 1 aromatic carbocycles. The Balaban J connectivity index is 0.00000193. The van der Waals surface area contributed by atoms with Crippen LogP contribution in [-0.4, -0.2) is 26.8 Å². The number of unbranched alkanes of at least 4 members (excludes halogenated alkanes) is 1. The maximum Gasteiger partial charge on any atom is 0.265 e. The molecule has 3 heterocycles. The minimum absolute atomic E-state index is 0. The van der Waals surface area contributed by atoms with Crippen LogP contribution in [-0.2, 0) is 6.42 Å². The molecule has 0 atom stereocenters. The Bertz CT molecular complexity index is 1290. The van der Waals surface area contributed by atoms with Crippen LogP contribution in [0.25, 0.3) is 16.6 Å². The summed E-state index contributed by atoms with van der Waals surface area (Å²) in [6, 6.07) is 13.2. The number of amides is 1. The van der Waals surface area contributed by atoms with Crippen LogP contribution >= 0.6 is 24.8 Å². The Hall–Kier alpha value is -2.96. The van der Waals surface area contributed by atoms with Crippen LogP contribution in [0.15, 0.2) is 65.8 Å². The van der Waals surface area contributed by atoms with Crippen molar-refractivity contribution in [1.29, 1.82) is 0 Å². The van der Waals surface area contributed by atoms with E-state index >= 15 is 0 Å². The van der Waals surface area contributed by atoms with Crippen molar-refractivity contribution < 1.29 is 4.79 Å².